The van der Waals surface area contributed by atoms with E-state index in [2.05, 4.69) is 10.6 Å². The van der Waals surface area contributed by atoms with E-state index in [-0.39, 0.29) is 24.7 Å². The Morgan fingerprint density at radius 1 is 1.07 bits per heavy atom. The highest BCUT2D eigenvalue weighted by molar-refractivity contribution is 6.28. The monoisotopic (exact) mass is 415 g/mol. The van der Waals surface area contributed by atoms with E-state index in [0.29, 0.717) is 24.2 Å². The van der Waals surface area contributed by atoms with Crippen molar-refractivity contribution in [2.24, 2.45) is 17.4 Å². The zero-order valence-electron chi connectivity index (χ0n) is 16.6. The topological polar surface area (TPSA) is 165 Å². The molecule has 0 saturated heterocycles. The van der Waals surface area contributed by atoms with Gasteiger partial charge in [0.05, 0.1) is 11.7 Å². The SMILES string of the molecule is C[C@H](N)C(=O)C[C@@H](CCCNC(N)=O)C(=O)Nc1ccc(N2C(=O)C=CC2=O)cc1. The van der Waals surface area contributed by atoms with E-state index >= 15 is 0 Å². The van der Waals surface area contributed by atoms with E-state index in [1.165, 1.54) is 24.3 Å². The third-order valence-electron chi connectivity index (χ3n) is 4.56. The van der Waals surface area contributed by atoms with Gasteiger partial charge in [-0.1, -0.05) is 0 Å². The molecule has 5 amide bonds. The van der Waals surface area contributed by atoms with Crippen molar-refractivity contribution in [3.63, 3.8) is 0 Å². The Morgan fingerprint density at radius 2 is 1.67 bits per heavy atom. The largest absolute Gasteiger partial charge is 0.352 e. The fourth-order valence-electron chi connectivity index (χ4n) is 2.91. The van der Waals surface area contributed by atoms with E-state index in [1.54, 1.807) is 19.1 Å². The molecule has 0 unspecified atom stereocenters. The standard InChI is InChI=1S/C20H25N5O5/c1-12(21)16(26)11-13(3-2-10-23-20(22)30)19(29)24-14-4-6-15(7-5-14)25-17(27)8-9-18(25)28/h4-9,12-13H,2-3,10-11,21H2,1H3,(H,24,29)(H3,22,23,30)/t12-,13+/m0/s1. The van der Waals surface area contributed by atoms with Crippen molar-refractivity contribution in [1.82, 2.24) is 5.32 Å². The van der Waals surface area contributed by atoms with Crippen molar-refractivity contribution < 1.29 is 24.0 Å². The molecule has 6 N–H and O–H groups in total. The second kappa shape index (κ2) is 10.3. The first-order valence-electron chi connectivity index (χ1n) is 9.47. The summed E-state index contributed by atoms with van der Waals surface area (Å²) < 4.78 is 0. The maximum atomic E-state index is 12.7. The molecule has 1 aliphatic rings. The van der Waals surface area contributed by atoms with E-state index in [9.17, 15) is 24.0 Å². The predicted molar refractivity (Wildman–Crippen MR) is 110 cm³/mol. The number of anilines is 2. The molecule has 0 aromatic heterocycles. The Kier molecular flexibility index (Phi) is 7.82. The Hall–Kier alpha value is -3.53. The van der Waals surface area contributed by atoms with Crippen molar-refractivity contribution in [2.75, 3.05) is 16.8 Å². The normalized spacial score (nSPS) is 15.1. The van der Waals surface area contributed by atoms with Crippen LogP contribution in [0.4, 0.5) is 16.2 Å². The van der Waals surface area contributed by atoms with Crippen LogP contribution in [0.1, 0.15) is 26.2 Å². The summed E-state index contributed by atoms with van der Waals surface area (Å²) in [7, 11) is 0. The Labute approximate surface area is 173 Å². The lowest BCUT2D eigenvalue weighted by Crippen LogP contribution is -2.34. The van der Waals surface area contributed by atoms with Crippen molar-refractivity contribution in [3.05, 3.63) is 36.4 Å². The quantitative estimate of drug-likeness (QED) is 0.319. The van der Waals surface area contributed by atoms with Crippen LogP contribution in [-0.2, 0) is 19.2 Å². The van der Waals surface area contributed by atoms with Gasteiger partial charge in [0, 0.05) is 36.7 Å². The average molecular weight is 415 g/mol. The molecule has 0 fully saturated rings. The summed E-state index contributed by atoms with van der Waals surface area (Å²) in [5.41, 5.74) is 11.5. The van der Waals surface area contributed by atoms with Crippen LogP contribution in [0.5, 0.6) is 0 Å². The van der Waals surface area contributed by atoms with E-state index < -0.39 is 29.8 Å². The van der Waals surface area contributed by atoms with Gasteiger partial charge in [0.25, 0.3) is 11.8 Å². The van der Waals surface area contributed by atoms with Crippen molar-refractivity contribution in [1.29, 1.82) is 0 Å². The molecule has 1 heterocycles. The van der Waals surface area contributed by atoms with Crippen molar-refractivity contribution in [3.8, 4) is 0 Å². The third kappa shape index (κ3) is 6.24. The molecule has 0 saturated carbocycles. The number of carbonyl (C=O) groups excluding carboxylic acids is 5. The smallest absolute Gasteiger partial charge is 0.312 e. The number of Topliss-reactive ketones (excluding diaryl/α,β-unsaturated/α-hetero) is 1. The minimum Gasteiger partial charge on any atom is -0.352 e. The summed E-state index contributed by atoms with van der Waals surface area (Å²) in [6.45, 7) is 1.84. The molecule has 10 heteroatoms. The van der Waals surface area contributed by atoms with E-state index in [0.717, 1.165) is 4.90 Å². The molecule has 1 aromatic carbocycles. The van der Waals surface area contributed by atoms with Gasteiger partial charge in [0.2, 0.25) is 5.91 Å². The summed E-state index contributed by atoms with van der Waals surface area (Å²) in [5, 5.41) is 5.17. The van der Waals surface area contributed by atoms with E-state index in [1.807, 2.05) is 0 Å². The van der Waals surface area contributed by atoms with Gasteiger partial charge >= 0.3 is 6.03 Å². The van der Waals surface area contributed by atoms with Gasteiger partial charge in [-0.25, -0.2) is 9.69 Å². The van der Waals surface area contributed by atoms with Gasteiger partial charge in [-0.15, -0.1) is 0 Å². The summed E-state index contributed by atoms with van der Waals surface area (Å²) in [5.74, 6) is -2.12. The lowest BCUT2D eigenvalue weighted by Gasteiger charge is -2.18. The van der Waals surface area contributed by atoms with E-state index in [4.69, 9.17) is 11.5 Å². The second-order valence-corrected chi connectivity index (χ2v) is 6.97. The number of nitrogens with zero attached hydrogens (tertiary/aromatic N) is 1. The molecule has 2 rings (SSSR count). The number of hydrogen-bond donors (Lipinski definition) is 4. The van der Waals surface area contributed by atoms with Crippen LogP contribution in [0, 0.1) is 5.92 Å². The van der Waals surface area contributed by atoms with Crippen molar-refractivity contribution >= 4 is 40.9 Å². The van der Waals surface area contributed by atoms with Crippen LogP contribution in [-0.4, -0.2) is 42.1 Å². The number of benzene rings is 1. The molecule has 1 aromatic rings. The molecule has 0 radical (unpaired) electrons. The molecule has 1 aliphatic heterocycles. The Balaban J connectivity index is 2.02. The summed E-state index contributed by atoms with van der Waals surface area (Å²) in [4.78, 5) is 60.0. The first-order valence-corrected chi connectivity index (χ1v) is 9.47. The number of nitrogens with one attached hydrogen (secondary N) is 2. The van der Waals surface area contributed by atoms with Crippen LogP contribution in [0.3, 0.4) is 0 Å². The molecular weight excluding hydrogens is 390 g/mol. The number of rotatable bonds is 10. The lowest BCUT2D eigenvalue weighted by molar-refractivity contribution is -0.126. The Morgan fingerprint density at radius 3 is 2.20 bits per heavy atom. The number of ketones is 1. The Bertz CT molecular complexity index is 845. The number of nitrogens with two attached hydrogens (primary N) is 2. The fourth-order valence-corrected chi connectivity index (χ4v) is 2.91. The minimum atomic E-state index is -0.688. The number of urea groups is 1. The highest BCUT2D eigenvalue weighted by atomic mass is 16.2. The maximum Gasteiger partial charge on any atom is 0.312 e. The molecular formula is C20H25N5O5. The number of hydrogen-bond acceptors (Lipinski definition) is 6. The van der Waals surface area contributed by atoms with Gasteiger partial charge in [-0.05, 0) is 44.0 Å². The van der Waals surface area contributed by atoms with Gasteiger partial charge in [-0.3, -0.25) is 19.2 Å². The molecule has 160 valence electrons. The predicted octanol–water partition coefficient (Wildman–Crippen LogP) is 0.426. The number of carbonyl (C=O) groups is 5. The molecule has 0 bridgehead atoms. The highest BCUT2D eigenvalue weighted by Crippen LogP contribution is 2.22. The van der Waals surface area contributed by atoms with Crippen molar-refractivity contribution in [2.45, 2.75) is 32.2 Å². The molecule has 0 aliphatic carbocycles. The number of primary amides is 1. The summed E-state index contributed by atoms with van der Waals surface area (Å²) in [6.07, 6.45) is 3.15. The summed E-state index contributed by atoms with van der Waals surface area (Å²) >= 11 is 0. The average Bonchev–Trinajstić information content (AvgIpc) is 3.02. The van der Waals surface area contributed by atoms with Gasteiger partial charge in [0.15, 0.2) is 0 Å². The second-order valence-electron chi connectivity index (χ2n) is 6.97. The van der Waals surface area contributed by atoms with Crippen LogP contribution < -0.4 is 27.0 Å². The van der Waals surface area contributed by atoms with Gasteiger partial charge in [0.1, 0.15) is 5.78 Å². The maximum absolute atomic E-state index is 12.7. The van der Waals surface area contributed by atoms with Gasteiger partial charge in [-0.2, -0.15) is 0 Å². The van der Waals surface area contributed by atoms with Gasteiger partial charge < -0.3 is 22.1 Å². The molecule has 0 spiro atoms. The van der Waals surface area contributed by atoms with Crippen LogP contribution in [0.2, 0.25) is 0 Å². The first-order chi connectivity index (χ1) is 14.2. The number of imide groups is 1. The zero-order valence-corrected chi connectivity index (χ0v) is 16.6. The zero-order chi connectivity index (χ0) is 22.3. The van der Waals surface area contributed by atoms with Crippen LogP contribution in [0.25, 0.3) is 0 Å². The molecule has 30 heavy (non-hydrogen) atoms. The molecule has 10 nitrogen and oxygen atoms in total. The third-order valence-corrected chi connectivity index (χ3v) is 4.56. The van der Waals surface area contributed by atoms with Crippen LogP contribution in [0.15, 0.2) is 36.4 Å². The summed E-state index contributed by atoms with van der Waals surface area (Å²) in [6, 6.07) is 4.85. The first kappa shape index (κ1) is 22.8. The number of amides is 5. The van der Waals surface area contributed by atoms with Crippen LogP contribution >= 0.6 is 0 Å². The lowest BCUT2D eigenvalue weighted by atomic mass is 9.93. The minimum absolute atomic E-state index is 0.0272. The fraction of sp³-hybridized carbons (Fsp3) is 0.350. The molecule has 2 atom stereocenters. The highest BCUT2D eigenvalue weighted by Gasteiger charge is 2.26.